The summed E-state index contributed by atoms with van der Waals surface area (Å²) in [6.07, 6.45) is 1.48. The number of carbonyl (C=O) groups is 1. The fraction of sp³-hybridized carbons (Fsp3) is 0.250. The first kappa shape index (κ1) is 10.8. The zero-order valence-corrected chi connectivity index (χ0v) is 8.92. The van der Waals surface area contributed by atoms with Crippen LogP contribution in [0.15, 0.2) is 15.5 Å². The average Bonchev–Trinajstić information content (AvgIpc) is 2.11. The van der Waals surface area contributed by atoms with Gasteiger partial charge in [-0.2, -0.15) is 0 Å². The molecular weight excluding hydrogens is 254 g/mol. The minimum atomic E-state index is -1.12. The van der Waals surface area contributed by atoms with Gasteiger partial charge in [-0.05, 0) is 22.9 Å². The van der Waals surface area contributed by atoms with E-state index in [1.165, 1.54) is 6.20 Å². The topological polar surface area (TPSA) is 79.4 Å². The number of pyridine rings is 1. The molecule has 1 rings (SSSR count). The van der Waals surface area contributed by atoms with E-state index in [2.05, 4.69) is 20.9 Å². The van der Waals surface area contributed by atoms with Gasteiger partial charge in [-0.15, -0.1) is 0 Å². The first-order valence-electron chi connectivity index (χ1n) is 3.74. The highest BCUT2D eigenvalue weighted by Gasteiger charge is 2.09. The van der Waals surface area contributed by atoms with Gasteiger partial charge < -0.3 is 14.8 Å². The monoisotopic (exact) mass is 261 g/mol. The Labute approximate surface area is 87.8 Å². The number of carboxylic acid groups (broad SMARTS) is 1. The Morgan fingerprint density at radius 1 is 1.71 bits per heavy atom. The van der Waals surface area contributed by atoms with Gasteiger partial charge in [-0.3, -0.25) is 4.79 Å². The smallest absolute Gasteiger partial charge is 0.341 e. The van der Waals surface area contributed by atoms with Crippen molar-refractivity contribution in [2.75, 3.05) is 6.61 Å². The fourth-order valence-electron chi connectivity index (χ4n) is 0.889. The summed E-state index contributed by atoms with van der Waals surface area (Å²) in [5.74, 6) is -1.09. The number of nitrogens with one attached hydrogen (secondary N) is 1. The van der Waals surface area contributed by atoms with Crippen LogP contribution in [0.2, 0.25) is 0 Å². The molecule has 0 unspecified atom stereocenters. The van der Waals surface area contributed by atoms with Crippen LogP contribution in [-0.4, -0.2) is 22.7 Å². The molecule has 1 heterocycles. The zero-order valence-electron chi connectivity index (χ0n) is 7.33. The number of aliphatic carboxylic acids is 1. The van der Waals surface area contributed by atoms with Crippen LogP contribution in [0.25, 0.3) is 0 Å². The van der Waals surface area contributed by atoms with Gasteiger partial charge in [0.1, 0.15) is 0 Å². The van der Waals surface area contributed by atoms with E-state index in [1.54, 1.807) is 6.92 Å². The number of aromatic nitrogens is 1. The van der Waals surface area contributed by atoms with E-state index in [-0.39, 0.29) is 11.2 Å². The van der Waals surface area contributed by atoms with Crippen molar-refractivity contribution in [1.29, 1.82) is 0 Å². The quantitative estimate of drug-likeness (QED) is 0.848. The van der Waals surface area contributed by atoms with Crippen LogP contribution in [0.1, 0.15) is 5.69 Å². The SMILES string of the molecule is Cc1[nH]cc(Br)c(=O)c1OCC(=O)O. The van der Waals surface area contributed by atoms with Crippen molar-refractivity contribution in [1.82, 2.24) is 4.98 Å². The summed E-state index contributed by atoms with van der Waals surface area (Å²) >= 11 is 3.02. The Hall–Kier alpha value is -1.30. The van der Waals surface area contributed by atoms with Crippen molar-refractivity contribution < 1.29 is 14.6 Å². The van der Waals surface area contributed by atoms with Gasteiger partial charge in [0.2, 0.25) is 5.43 Å². The normalized spacial score (nSPS) is 9.86. The molecular formula is C8H8BrNO4. The third-order valence-corrected chi connectivity index (χ3v) is 2.11. The molecule has 2 N–H and O–H groups in total. The lowest BCUT2D eigenvalue weighted by atomic mass is 10.3. The standard InChI is InChI=1S/C8H8BrNO4/c1-4-8(14-3-6(11)12)7(13)5(9)2-10-4/h2H,3H2,1H3,(H,10,13)(H,11,12). The molecule has 1 aromatic rings. The lowest BCUT2D eigenvalue weighted by Gasteiger charge is -2.05. The van der Waals surface area contributed by atoms with Crippen LogP contribution >= 0.6 is 15.9 Å². The molecule has 0 saturated carbocycles. The van der Waals surface area contributed by atoms with Gasteiger partial charge in [0, 0.05) is 6.20 Å². The van der Waals surface area contributed by atoms with Crippen molar-refractivity contribution in [2.45, 2.75) is 6.92 Å². The molecule has 0 spiro atoms. The number of ether oxygens (including phenoxy) is 1. The van der Waals surface area contributed by atoms with E-state index >= 15 is 0 Å². The highest BCUT2D eigenvalue weighted by molar-refractivity contribution is 9.10. The molecule has 0 aliphatic heterocycles. The maximum atomic E-state index is 11.4. The molecule has 1 aromatic heterocycles. The van der Waals surface area contributed by atoms with Gasteiger partial charge in [-0.25, -0.2) is 4.79 Å². The van der Waals surface area contributed by atoms with E-state index in [1.807, 2.05) is 0 Å². The molecule has 0 radical (unpaired) electrons. The van der Waals surface area contributed by atoms with Crippen molar-refractivity contribution in [3.05, 3.63) is 26.6 Å². The van der Waals surface area contributed by atoms with Gasteiger partial charge in [0.05, 0.1) is 10.2 Å². The summed E-state index contributed by atoms with van der Waals surface area (Å²) in [5, 5.41) is 8.38. The Kier molecular flexibility index (Phi) is 3.29. The van der Waals surface area contributed by atoms with Crippen LogP contribution < -0.4 is 10.2 Å². The molecule has 14 heavy (non-hydrogen) atoms. The predicted molar refractivity (Wildman–Crippen MR) is 52.6 cm³/mol. The molecule has 0 atom stereocenters. The van der Waals surface area contributed by atoms with Gasteiger partial charge in [0.25, 0.3) is 0 Å². The van der Waals surface area contributed by atoms with E-state index in [9.17, 15) is 9.59 Å². The fourth-order valence-corrected chi connectivity index (χ4v) is 1.18. The van der Waals surface area contributed by atoms with Crippen LogP contribution in [0.5, 0.6) is 5.75 Å². The number of carboxylic acids is 1. The van der Waals surface area contributed by atoms with Crippen LogP contribution in [0.3, 0.4) is 0 Å². The summed E-state index contributed by atoms with van der Waals surface area (Å²) in [6, 6.07) is 0. The van der Waals surface area contributed by atoms with Crippen LogP contribution in [-0.2, 0) is 4.79 Å². The molecule has 0 aromatic carbocycles. The molecule has 0 saturated heterocycles. The van der Waals surface area contributed by atoms with E-state index in [4.69, 9.17) is 9.84 Å². The first-order valence-corrected chi connectivity index (χ1v) is 4.54. The van der Waals surface area contributed by atoms with E-state index in [0.717, 1.165) is 0 Å². The number of rotatable bonds is 3. The van der Waals surface area contributed by atoms with Crippen molar-refractivity contribution in [3.63, 3.8) is 0 Å². The maximum absolute atomic E-state index is 11.4. The van der Waals surface area contributed by atoms with Crippen molar-refractivity contribution >= 4 is 21.9 Å². The van der Waals surface area contributed by atoms with Crippen molar-refractivity contribution in [2.24, 2.45) is 0 Å². The maximum Gasteiger partial charge on any atom is 0.341 e. The second-order valence-corrected chi connectivity index (χ2v) is 3.46. The molecule has 0 fully saturated rings. The number of halogens is 1. The summed E-state index contributed by atoms with van der Waals surface area (Å²) in [6.45, 7) is 1.10. The van der Waals surface area contributed by atoms with Crippen LogP contribution in [0.4, 0.5) is 0 Å². The highest BCUT2D eigenvalue weighted by Crippen LogP contribution is 2.12. The number of aromatic amines is 1. The lowest BCUT2D eigenvalue weighted by Crippen LogP contribution is -2.17. The third-order valence-electron chi connectivity index (χ3n) is 1.52. The largest absolute Gasteiger partial charge is 0.479 e. The lowest BCUT2D eigenvalue weighted by molar-refractivity contribution is -0.139. The van der Waals surface area contributed by atoms with Gasteiger partial charge in [-0.1, -0.05) is 0 Å². The third kappa shape index (κ3) is 2.35. The number of hydrogen-bond acceptors (Lipinski definition) is 3. The summed E-state index contributed by atoms with van der Waals surface area (Å²) in [4.78, 5) is 24.4. The van der Waals surface area contributed by atoms with Crippen molar-refractivity contribution in [3.8, 4) is 5.75 Å². The zero-order chi connectivity index (χ0) is 10.7. The number of aryl methyl sites for hydroxylation is 1. The molecule has 76 valence electrons. The molecule has 0 aliphatic rings. The minimum Gasteiger partial charge on any atom is -0.479 e. The molecule has 5 nitrogen and oxygen atoms in total. The Balaban J connectivity index is 3.01. The number of H-pyrrole nitrogens is 1. The minimum absolute atomic E-state index is 0.0294. The Morgan fingerprint density at radius 3 is 2.93 bits per heavy atom. The highest BCUT2D eigenvalue weighted by atomic mass is 79.9. The number of hydrogen-bond donors (Lipinski definition) is 2. The second kappa shape index (κ2) is 4.28. The second-order valence-electron chi connectivity index (χ2n) is 2.60. The van der Waals surface area contributed by atoms with Crippen LogP contribution in [0, 0.1) is 6.92 Å². The summed E-state index contributed by atoms with van der Waals surface area (Å²) in [7, 11) is 0. The molecule has 0 bridgehead atoms. The summed E-state index contributed by atoms with van der Waals surface area (Å²) in [5.41, 5.74) is 0.141. The molecule has 6 heteroatoms. The first-order chi connectivity index (χ1) is 6.52. The Morgan fingerprint density at radius 2 is 2.36 bits per heavy atom. The molecule has 0 aliphatic carbocycles. The Bertz CT molecular complexity index is 412. The average molecular weight is 262 g/mol. The summed E-state index contributed by atoms with van der Waals surface area (Å²) < 4.78 is 5.15. The predicted octanol–water partition coefficient (Wildman–Crippen LogP) is 0.909. The van der Waals surface area contributed by atoms with Gasteiger partial charge >= 0.3 is 5.97 Å². The van der Waals surface area contributed by atoms with Gasteiger partial charge in [0.15, 0.2) is 12.4 Å². The molecule has 0 amide bonds. The van der Waals surface area contributed by atoms with E-state index < -0.39 is 12.6 Å². The van der Waals surface area contributed by atoms with E-state index in [0.29, 0.717) is 10.2 Å².